The van der Waals surface area contributed by atoms with Gasteiger partial charge in [0, 0.05) is 47.8 Å². The van der Waals surface area contributed by atoms with Crippen molar-refractivity contribution in [2.75, 3.05) is 50.1 Å². The summed E-state index contributed by atoms with van der Waals surface area (Å²) in [6, 6.07) is 15.2. The molecule has 1 aromatic heterocycles. The minimum Gasteiger partial charge on any atom is -0.464 e. The van der Waals surface area contributed by atoms with E-state index in [1.165, 1.54) is 7.11 Å². The molecular formula is C22H23ClN4O3. The van der Waals surface area contributed by atoms with Gasteiger partial charge in [-0.15, -0.1) is 0 Å². The highest BCUT2D eigenvalue weighted by Crippen LogP contribution is 2.28. The molecular weight excluding hydrogens is 404 g/mol. The number of H-pyrrole nitrogens is 1. The van der Waals surface area contributed by atoms with Crippen molar-refractivity contribution < 1.29 is 14.3 Å². The van der Waals surface area contributed by atoms with Crippen LogP contribution in [0.4, 0.5) is 11.4 Å². The van der Waals surface area contributed by atoms with Crippen LogP contribution < -0.4 is 10.2 Å². The number of aromatic nitrogens is 1. The Morgan fingerprint density at radius 3 is 2.47 bits per heavy atom. The van der Waals surface area contributed by atoms with Crippen molar-refractivity contribution in [3.8, 4) is 0 Å². The van der Waals surface area contributed by atoms with Crippen LogP contribution in [0, 0.1) is 0 Å². The normalized spacial score (nSPS) is 14.7. The average Bonchev–Trinajstić information content (AvgIpc) is 3.13. The van der Waals surface area contributed by atoms with Gasteiger partial charge in [0.1, 0.15) is 5.69 Å². The quantitative estimate of drug-likeness (QED) is 0.612. The number of amides is 1. The van der Waals surface area contributed by atoms with Crippen LogP contribution in [0.15, 0.2) is 48.5 Å². The number of rotatable bonds is 5. The molecule has 2 aromatic carbocycles. The van der Waals surface area contributed by atoms with Gasteiger partial charge in [-0.3, -0.25) is 9.69 Å². The second-order valence-corrected chi connectivity index (χ2v) is 7.64. The van der Waals surface area contributed by atoms with Gasteiger partial charge in [0.2, 0.25) is 5.91 Å². The van der Waals surface area contributed by atoms with Gasteiger partial charge in [-0.25, -0.2) is 4.79 Å². The fraction of sp³-hybridized carbons (Fsp3) is 0.273. The number of ether oxygens (including phenoxy) is 1. The minimum absolute atomic E-state index is 0.162. The number of benzene rings is 2. The summed E-state index contributed by atoms with van der Waals surface area (Å²) in [5.41, 5.74) is 2.61. The molecule has 0 saturated carbocycles. The van der Waals surface area contributed by atoms with E-state index in [-0.39, 0.29) is 18.1 Å². The number of piperazine rings is 1. The molecule has 1 saturated heterocycles. The summed E-state index contributed by atoms with van der Waals surface area (Å²) >= 11 is 5.96. The molecule has 0 bridgehead atoms. The first-order chi connectivity index (χ1) is 14.5. The van der Waals surface area contributed by atoms with Crippen LogP contribution in [0.5, 0.6) is 0 Å². The number of hydrogen-bond donors (Lipinski definition) is 2. The summed E-state index contributed by atoms with van der Waals surface area (Å²) in [6.45, 7) is 3.46. The first-order valence-corrected chi connectivity index (χ1v) is 10.1. The summed E-state index contributed by atoms with van der Waals surface area (Å²) in [6.07, 6.45) is 0. The summed E-state index contributed by atoms with van der Waals surface area (Å²) in [7, 11) is 1.32. The van der Waals surface area contributed by atoms with Gasteiger partial charge in [-0.2, -0.15) is 0 Å². The molecule has 2 heterocycles. The Bertz CT molecular complexity index is 1060. The highest BCUT2D eigenvalue weighted by molar-refractivity contribution is 6.30. The fourth-order valence-electron chi connectivity index (χ4n) is 3.73. The van der Waals surface area contributed by atoms with Gasteiger partial charge in [-0.05, 0) is 30.3 Å². The molecule has 1 amide bonds. The maximum Gasteiger partial charge on any atom is 0.356 e. The lowest BCUT2D eigenvalue weighted by molar-refractivity contribution is -0.117. The second kappa shape index (κ2) is 8.77. The maximum atomic E-state index is 12.7. The molecule has 0 atom stereocenters. The lowest BCUT2D eigenvalue weighted by Gasteiger charge is -2.35. The predicted molar refractivity (Wildman–Crippen MR) is 118 cm³/mol. The molecule has 1 fully saturated rings. The van der Waals surface area contributed by atoms with Crippen LogP contribution >= 0.6 is 11.6 Å². The Morgan fingerprint density at radius 2 is 1.77 bits per heavy atom. The molecule has 0 radical (unpaired) electrons. The van der Waals surface area contributed by atoms with E-state index < -0.39 is 5.97 Å². The van der Waals surface area contributed by atoms with Crippen molar-refractivity contribution >= 4 is 45.8 Å². The Morgan fingerprint density at radius 1 is 1.07 bits per heavy atom. The Kier molecular flexibility index (Phi) is 5.92. The van der Waals surface area contributed by atoms with Crippen LogP contribution in [-0.4, -0.2) is 61.6 Å². The average molecular weight is 427 g/mol. The standard InChI is InChI=1S/C22H23ClN4O3/c1-30-22(29)21-20(17-4-2-3-5-18(17)24-21)25-19(28)14-26-10-12-27(13-11-26)16-8-6-15(23)7-9-16/h2-9,24H,10-14H2,1H3,(H,25,28). The number of carbonyl (C=O) groups excluding carboxylic acids is 2. The zero-order valence-corrected chi connectivity index (χ0v) is 17.4. The van der Waals surface area contributed by atoms with Crippen LogP contribution in [0.1, 0.15) is 10.5 Å². The molecule has 0 aliphatic carbocycles. The molecule has 156 valence electrons. The Hall–Kier alpha value is -3.03. The molecule has 4 rings (SSSR count). The molecule has 3 aromatic rings. The number of aromatic amines is 1. The third kappa shape index (κ3) is 4.27. The van der Waals surface area contributed by atoms with Crippen LogP contribution in [0.2, 0.25) is 5.02 Å². The number of fused-ring (bicyclic) bond motifs is 1. The number of para-hydroxylation sites is 1. The molecule has 2 N–H and O–H groups in total. The summed E-state index contributed by atoms with van der Waals surface area (Å²) < 4.78 is 4.85. The summed E-state index contributed by atoms with van der Waals surface area (Å²) in [5.74, 6) is -0.678. The number of esters is 1. The van der Waals surface area contributed by atoms with Gasteiger partial charge in [0.05, 0.1) is 19.3 Å². The summed E-state index contributed by atoms with van der Waals surface area (Å²) in [4.78, 5) is 32.3. The van der Waals surface area contributed by atoms with Crippen molar-refractivity contribution in [1.82, 2.24) is 9.88 Å². The number of hydrogen-bond acceptors (Lipinski definition) is 5. The van der Waals surface area contributed by atoms with Gasteiger partial charge in [0.25, 0.3) is 0 Å². The molecule has 0 spiro atoms. The second-order valence-electron chi connectivity index (χ2n) is 7.20. The van der Waals surface area contributed by atoms with E-state index in [4.69, 9.17) is 16.3 Å². The minimum atomic E-state index is -0.516. The van der Waals surface area contributed by atoms with E-state index in [1.54, 1.807) is 0 Å². The monoisotopic (exact) mass is 426 g/mol. The van der Waals surface area contributed by atoms with Crippen molar-refractivity contribution in [3.63, 3.8) is 0 Å². The SMILES string of the molecule is COC(=O)c1[nH]c2ccccc2c1NC(=O)CN1CCN(c2ccc(Cl)cc2)CC1. The van der Waals surface area contributed by atoms with Crippen LogP contribution in [0.25, 0.3) is 10.9 Å². The molecule has 0 unspecified atom stereocenters. The zero-order chi connectivity index (χ0) is 21.1. The van der Waals surface area contributed by atoms with Gasteiger partial charge in [0.15, 0.2) is 0 Å². The number of nitrogens with zero attached hydrogens (tertiary/aromatic N) is 2. The number of nitrogens with one attached hydrogen (secondary N) is 2. The lowest BCUT2D eigenvalue weighted by Crippen LogP contribution is -2.48. The smallest absolute Gasteiger partial charge is 0.356 e. The van der Waals surface area contributed by atoms with E-state index in [1.807, 2.05) is 48.5 Å². The third-order valence-electron chi connectivity index (χ3n) is 5.29. The Balaban J connectivity index is 1.40. The van der Waals surface area contributed by atoms with E-state index in [0.29, 0.717) is 5.69 Å². The lowest BCUT2D eigenvalue weighted by atomic mass is 10.2. The third-order valence-corrected chi connectivity index (χ3v) is 5.54. The van der Waals surface area contributed by atoms with E-state index in [0.717, 1.165) is 47.8 Å². The maximum absolute atomic E-state index is 12.7. The van der Waals surface area contributed by atoms with Gasteiger partial charge < -0.3 is 19.9 Å². The van der Waals surface area contributed by atoms with E-state index in [9.17, 15) is 9.59 Å². The zero-order valence-electron chi connectivity index (χ0n) is 16.7. The topological polar surface area (TPSA) is 77.7 Å². The highest BCUT2D eigenvalue weighted by atomic mass is 35.5. The van der Waals surface area contributed by atoms with Crippen LogP contribution in [0.3, 0.4) is 0 Å². The Labute approximate surface area is 179 Å². The van der Waals surface area contributed by atoms with Gasteiger partial charge >= 0.3 is 5.97 Å². The van der Waals surface area contributed by atoms with Crippen molar-refractivity contribution in [2.45, 2.75) is 0 Å². The number of anilines is 2. The van der Waals surface area contributed by atoms with Crippen molar-refractivity contribution in [2.24, 2.45) is 0 Å². The molecule has 30 heavy (non-hydrogen) atoms. The number of halogens is 1. The highest BCUT2D eigenvalue weighted by Gasteiger charge is 2.23. The van der Waals surface area contributed by atoms with Crippen LogP contribution in [-0.2, 0) is 9.53 Å². The van der Waals surface area contributed by atoms with Gasteiger partial charge in [-0.1, -0.05) is 29.8 Å². The number of carbonyl (C=O) groups is 2. The molecule has 7 nitrogen and oxygen atoms in total. The number of methoxy groups -OCH3 is 1. The van der Waals surface area contributed by atoms with E-state index in [2.05, 4.69) is 20.1 Å². The summed E-state index contributed by atoms with van der Waals surface area (Å²) in [5, 5.41) is 4.40. The largest absolute Gasteiger partial charge is 0.464 e. The first-order valence-electron chi connectivity index (χ1n) is 9.77. The van der Waals surface area contributed by atoms with E-state index >= 15 is 0 Å². The molecule has 8 heteroatoms. The fourth-order valence-corrected chi connectivity index (χ4v) is 3.85. The predicted octanol–water partition coefficient (Wildman–Crippen LogP) is 3.37. The first kappa shape index (κ1) is 20.3. The van der Waals surface area contributed by atoms with Crippen molar-refractivity contribution in [1.29, 1.82) is 0 Å². The van der Waals surface area contributed by atoms with Crippen molar-refractivity contribution in [3.05, 3.63) is 59.2 Å². The molecule has 1 aliphatic rings. The molecule has 1 aliphatic heterocycles.